The molecule has 0 aliphatic carbocycles. The maximum atomic E-state index is 11.8. The average Bonchev–Trinajstić information content (AvgIpc) is 2.78. The Morgan fingerprint density at radius 2 is 1.47 bits per heavy atom. The number of nitro groups is 1. The summed E-state index contributed by atoms with van der Waals surface area (Å²) in [5, 5.41) is 18.3. The number of hydrogen-bond acceptors (Lipinski definition) is 7. The number of aryl methyl sites for hydroxylation is 1. The van der Waals surface area contributed by atoms with E-state index in [0.29, 0.717) is 27.9 Å². The Balaban J connectivity index is 1.56. The third kappa shape index (κ3) is 4.93. The lowest BCUT2D eigenvalue weighted by Crippen LogP contribution is -2.05. The third-order valence-corrected chi connectivity index (χ3v) is 4.94. The van der Waals surface area contributed by atoms with E-state index in [-0.39, 0.29) is 17.3 Å². The Hall–Kier alpha value is -4.17. The Labute approximate surface area is 189 Å². The highest BCUT2D eigenvalue weighted by atomic mass is 35.5. The number of halogens is 1. The van der Waals surface area contributed by atoms with Gasteiger partial charge in [-0.15, -0.1) is 0 Å². The predicted octanol–water partition coefficient (Wildman–Crippen LogP) is 6.63. The van der Waals surface area contributed by atoms with Crippen molar-refractivity contribution in [2.24, 2.45) is 0 Å². The van der Waals surface area contributed by atoms with Crippen LogP contribution in [0.3, 0.4) is 0 Å². The minimum absolute atomic E-state index is 0.0523. The van der Waals surface area contributed by atoms with Gasteiger partial charge in [0.15, 0.2) is 0 Å². The fourth-order valence-corrected chi connectivity index (χ4v) is 3.09. The molecule has 0 atom stereocenters. The molecular formula is C23H18ClN5O3. The SMILES string of the molecule is Cc1ccc(Nc2ncnc(Nc3ccc(Oc4ccccc4)cc3)c2[N+](=O)[O-])cc1Cl. The van der Waals surface area contributed by atoms with E-state index in [1.165, 1.54) is 6.33 Å². The molecule has 0 radical (unpaired) electrons. The molecule has 0 amide bonds. The molecule has 8 nitrogen and oxygen atoms in total. The molecular weight excluding hydrogens is 430 g/mol. The highest BCUT2D eigenvalue weighted by Crippen LogP contribution is 2.34. The van der Waals surface area contributed by atoms with Crippen LogP contribution in [0, 0.1) is 17.0 Å². The molecule has 0 fully saturated rings. The fourth-order valence-electron chi connectivity index (χ4n) is 2.91. The predicted molar refractivity (Wildman–Crippen MR) is 124 cm³/mol. The quantitative estimate of drug-likeness (QED) is 0.242. The first-order valence-electron chi connectivity index (χ1n) is 9.62. The summed E-state index contributed by atoms with van der Waals surface area (Å²) in [5.41, 5.74) is 1.80. The van der Waals surface area contributed by atoms with Crippen LogP contribution in [-0.4, -0.2) is 14.9 Å². The van der Waals surface area contributed by atoms with Crippen LogP contribution in [0.2, 0.25) is 5.02 Å². The second-order valence-electron chi connectivity index (χ2n) is 6.83. The summed E-state index contributed by atoms with van der Waals surface area (Å²) in [6.45, 7) is 1.87. The molecule has 0 aliphatic heterocycles. The van der Waals surface area contributed by atoms with Gasteiger partial charge < -0.3 is 15.4 Å². The number of rotatable bonds is 7. The second kappa shape index (κ2) is 9.32. The summed E-state index contributed by atoms with van der Waals surface area (Å²) in [6.07, 6.45) is 1.25. The van der Waals surface area contributed by atoms with Crippen LogP contribution >= 0.6 is 11.6 Å². The number of benzene rings is 3. The molecule has 3 aromatic carbocycles. The van der Waals surface area contributed by atoms with E-state index in [1.807, 2.05) is 43.3 Å². The van der Waals surface area contributed by atoms with E-state index in [1.54, 1.807) is 36.4 Å². The van der Waals surface area contributed by atoms with Gasteiger partial charge in [0.05, 0.1) is 4.92 Å². The Bertz CT molecular complexity index is 1250. The standard InChI is InChI=1S/C23H18ClN5O3/c1-15-7-8-17(13-20(15)24)28-23-21(29(30)31)22(25-14-26-23)27-16-9-11-19(12-10-16)32-18-5-3-2-4-6-18/h2-14H,1H3,(H2,25,26,27,28). The van der Waals surface area contributed by atoms with Gasteiger partial charge in [-0.25, -0.2) is 9.97 Å². The van der Waals surface area contributed by atoms with Crippen LogP contribution in [0.25, 0.3) is 0 Å². The summed E-state index contributed by atoms with van der Waals surface area (Å²) < 4.78 is 5.77. The third-order valence-electron chi connectivity index (χ3n) is 4.54. The molecule has 32 heavy (non-hydrogen) atoms. The van der Waals surface area contributed by atoms with E-state index in [0.717, 1.165) is 5.56 Å². The summed E-state index contributed by atoms with van der Waals surface area (Å²) in [7, 11) is 0. The summed E-state index contributed by atoms with van der Waals surface area (Å²) in [4.78, 5) is 19.4. The molecule has 0 aliphatic rings. The van der Waals surface area contributed by atoms with Crippen molar-refractivity contribution < 1.29 is 9.66 Å². The maximum absolute atomic E-state index is 11.8. The summed E-state index contributed by atoms with van der Waals surface area (Å²) in [5.74, 6) is 1.46. The molecule has 0 saturated carbocycles. The first-order chi connectivity index (χ1) is 15.5. The Morgan fingerprint density at radius 1 is 0.875 bits per heavy atom. The van der Waals surface area contributed by atoms with Gasteiger partial charge in [-0.1, -0.05) is 35.9 Å². The van der Waals surface area contributed by atoms with Crippen LogP contribution in [0.15, 0.2) is 79.1 Å². The van der Waals surface area contributed by atoms with Gasteiger partial charge in [-0.05, 0) is 61.0 Å². The minimum Gasteiger partial charge on any atom is -0.457 e. The molecule has 4 rings (SSSR count). The average molecular weight is 448 g/mol. The molecule has 2 N–H and O–H groups in total. The molecule has 0 spiro atoms. The first kappa shape index (κ1) is 21.1. The van der Waals surface area contributed by atoms with E-state index in [9.17, 15) is 10.1 Å². The number of aromatic nitrogens is 2. The molecule has 9 heteroatoms. The van der Waals surface area contributed by atoms with E-state index < -0.39 is 4.92 Å². The molecule has 0 unspecified atom stereocenters. The lowest BCUT2D eigenvalue weighted by Gasteiger charge is -2.11. The second-order valence-corrected chi connectivity index (χ2v) is 7.24. The van der Waals surface area contributed by atoms with Gasteiger partial charge in [0.25, 0.3) is 0 Å². The minimum atomic E-state index is -0.534. The van der Waals surface area contributed by atoms with Gasteiger partial charge in [0.1, 0.15) is 17.8 Å². The van der Waals surface area contributed by atoms with Crippen molar-refractivity contribution in [2.75, 3.05) is 10.6 Å². The molecule has 1 heterocycles. The van der Waals surface area contributed by atoms with Gasteiger partial charge in [0, 0.05) is 16.4 Å². The van der Waals surface area contributed by atoms with Crippen molar-refractivity contribution in [1.82, 2.24) is 9.97 Å². The van der Waals surface area contributed by atoms with Crippen molar-refractivity contribution in [1.29, 1.82) is 0 Å². The first-order valence-corrected chi connectivity index (χ1v) is 10.00. The fraction of sp³-hybridized carbons (Fsp3) is 0.0435. The maximum Gasteiger partial charge on any atom is 0.353 e. The zero-order valence-electron chi connectivity index (χ0n) is 16.9. The van der Waals surface area contributed by atoms with Gasteiger partial charge in [-0.2, -0.15) is 0 Å². The normalized spacial score (nSPS) is 10.4. The van der Waals surface area contributed by atoms with Crippen molar-refractivity contribution in [3.05, 3.63) is 99.8 Å². The lowest BCUT2D eigenvalue weighted by molar-refractivity contribution is -0.383. The van der Waals surface area contributed by atoms with E-state index in [2.05, 4.69) is 20.6 Å². The van der Waals surface area contributed by atoms with Crippen molar-refractivity contribution in [3.8, 4) is 11.5 Å². The highest BCUT2D eigenvalue weighted by molar-refractivity contribution is 6.31. The molecule has 0 bridgehead atoms. The van der Waals surface area contributed by atoms with Crippen LogP contribution in [0.5, 0.6) is 11.5 Å². The highest BCUT2D eigenvalue weighted by Gasteiger charge is 2.23. The number of hydrogen-bond donors (Lipinski definition) is 2. The van der Waals surface area contributed by atoms with Crippen molar-refractivity contribution in [2.45, 2.75) is 6.92 Å². The molecule has 1 aromatic heterocycles. The van der Waals surface area contributed by atoms with Gasteiger partial charge in [0.2, 0.25) is 11.6 Å². The number of para-hydroxylation sites is 1. The van der Waals surface area contributed by atoms with E-state index >= 15 is 0 Å². The van der Waals surface area contributed by atoms with Crippen molar-refractivity contribution >= 4 is 40.3 Å². The van der Waals surface area contributed by atoms with Crippen LogP contribution in [0.4, 0.5) is 28.7 Å². The summed E-state index contributed by atoms with van der Waals surface area (Å²) in [6, 6.07) is 21.7. The zero-order chi connectivity index (χ0) is 22.5. The van der Waals surface area contributed by atoms with Gasteiger partial charge in [-0.3, -0.25) is 10.1 Å². The number of nitrogens with zero attached hydrogens (tertiary/aromatic N) is 3. The number of anilines is 4. The van der Waals surface area contributed by atoms with Gasteiger partial charge >= 0.3 is 5.69 Å². The van der Waals surface area contributed by atoms with Crippen molar-refractivity contribution in [3.63, 3.8) is 0 Å². The monoisotopic (exact) mass is 447 g/mol. The Morgan fingerprint density at radius 3 is 2.09 bits per heavy atom. The van der Waals surface area contributed by atoms with Crippen LogP contribution in [-0.2, 0) is 0 Å². The molecule has 4 aromatic rings. The van der Waals surface area contributed by atoms with Crippen LogP contribution < -0.4 is 15.4 Å². The topological polar surface area (TPSA) is 102 Å². The number of nitrogens with one attached hydrogen (secondary N) is 2. The summed E-state index contributed by atoms with van der Waals surface area (Å²) >= 11 is 6.16. The van der Waals surface area contributed by atoms with E-state index in [4.69, 9.17) is 16.3 Å². The Kier molecular flexibility index (Phi) is 6.14. The zero-order valence-corrected chi connectivity index (χ0v) is 17.7. The molecule has 0 saturated heterocycles. The number of ether oxygens (including phenoxy) is 1. The smallest absolute Gasteiger partial charge is 0.353 e. The lowest BCUT2D eigenvalue weighted by atomic mass is 10.2. The van der Waals surface area contributed by atoms with Crippen LogP contribution in [0.1, 0.15) is 5.56 Å². The molecule has 160 valence electrons. The largest absolute Gasteiger partial charge is 0.457 e.